The van der Waals surface area contributed by atoms with Gasteiger partial charge in [0.1, 0.15) is 0 Å². The van der Waals surface area contributed by atoms with E-state index in [1.807, 2.05) is 32.0 Å². The molecule has 11 heteroatoms. The number of nitrogens with one attached hydrogen (secondary N) is 2. The Morgan fingerprint density at radius 1 is 1.12 bits per heavy atom. The van der Waals surface area contributed by atoms with E-state index in [1.54, 1.807) is 0 Å². The molecule has 1 fully saturated rings. The summed E-state index contributed by atoms with van der Waals surface area (Å²) in [4.78, 5) is 59.1. The second-order valence-corrected chi connectivity index (χ2v) is 7.57. The SMILES string of the molecule is Cc1cccc(C)c1NC(=O)COC(=O)[C@H]1CC(=O)N(NC(=O)c2ccc([N+](=O)[O-])cc2)C1. The van der Waals surface area contributed by atoms with Crippen molar-refractivity contribution in [3.8, 4) is 0 Å². The van der Waals surface area contributed by atoms with Crippen LogP contribution in [0.5, 0.6) is 0 Å². The number of carbonyl (C=O) groups is 4. The number of para-hydroxylation sites is 1. The lowest BCUT2D eigenvalue weighted by molar-refractivity contribution is -0.384. The number of amides is 3. The summed E-state index contributed by atoms with van der Waals surface area (Å²) in [6, 6.07) is 10.4. The Kier molecular flexibility index (Phi) is 7.01. The second kappa shape index (κ2) is 9.90. The lowest BCUT2D eigenvalue weighted by atomic mass is 10.1. The summed E-state index contributed by atoms with van der Waals surface area (Å²) in [6.45, 7) is 3.07. The minimum Gasteiger partial charge on any atom is -0.455 e. The highest BCUT2D eigenvalue weighted by atomic mass is 16.6. The van der Waals surface area contributed by atoms with Crippen molar-refractivity contribution >= 4 is 35.1 Å². The van der Waals surface area contributed by atoms with Crippen molar-refractivity contribution in [3.05, 3.63) is 69.3 Å². The normalized spacial score (nSPS) is 15.2. The van der Waals surface area contributed by atoms with E-state index in [0.717, 1.165) is 16.1 Å². The Balaban J connectivity index is 1.50. The molecule has 0 spiro atoms. The molecule has 3 amide bonds. The number of benzene rings is 2. The number of nitrogens with zero attached hydrogens (tertiary/aromatic N) is 2. The zero-order valence-electron chi connectivity index (χ0n) is 18.0. The van der Waals surface area contributed by atoms with Crippen LogP contribution in [-0.4, -0.2) is 46.8 Å². The van der Waals surface area contributed by atoms with Crippen molar-refractivity contribution in [2.24, 2.45) is 5.92 Å². The van der Waals surface area contributed by atoms with Crippen LogP contribution in [0.1, 0.15) is 27.9 Å². The first-order valence-corrected chi connectivity index (χ1v) is 10.0. The quantitative estimate of drug-likeness (QED) is 0.369. The molecule has 0 aliphatic carbocycles. The maximum absolute atomic E-state index is 12.3. The molecule has 1 saturated heterocycles. The molecule has 1 aliphatic heterocycles. The van der Waals surface area contributed by atoms with E-state index in [0.29, 0.717) is 5.69 Å². The Hall–Kier alpha value is -4.28. The average molecular weight is 454 g/mol. The predicted octanol–water partition coefficient (Wildman–Crippen LogP) is 1.89. The number of hydrogen-bond acceptors (Lipinski definition) is 7. The third kappa shape index (κ3) is 5.70. The van der Waals surface area contributed by atoms with Crippen molar-refractivity contribution < 1.29 is 28.8 Å². The first-order valence-electron chi connectivity index (χ1n) is 10.0. The molecule has 2 aromatic carbocycles. The summed E-state index contributed by atoms with van der Waals surface area (Å²) in [6.07, 6.45) is -0.183. The Morgan fingerprint density at radius 3 is 2.36 bits per heavy atom. The van der Waals surface area contributed by atoms with Gasteiger partial charge in [0.15, 0.2) is 6.61 Å². The fraction of sp³-hybridized carbons (Fsp3) is 0.273. The topological polar surface area (TPSA) is 148 Å². The van der Waals surface area contributed by atoms with E-state index in [2.05, 4.69) is 10.7 Å². The fourth-order valence-corrected chi connectivity index (χ4v) is 3.34. The predicted molar refractivity (Wildman–Crippen MR) is 116 cm³/mol. The number of ether oxygens (including phenoxy) is 1. The first-order chi connectivity index (χ1) is 15.7. The van der Waals surface area contributed by atoms with Crippen LogP contribution in [0.3, 0.4) is 0 Å². The largest absolute Gasteiger partial charge is 0.455 e. The van der Waals surface area contributed by atoms with Gasteiger partial charge in [0.2, 0.25) is 5.91 Å². The molecule has 11 nitrogen and oxygen atoms in total. The monoisotopic (exact) mass is 454 g/mol. The highest BCUT2D eigenvalue weighted by Crippen LogP contribution is 2.20. The molecule has 0 radical (unpaired) electrons. The van der Waals surface area contributed by atoms with Crippen molar-refractivity contribution in [2.45, 2.75) is 20.3 Å². The molecule has 1 aliphatic rings. The number of non-ortho nitro benzene ring substituents is 1. The minimum atomic E-state index is -0.845. The van der Waals surface area contributed by atoms with E-state index in [9.17, 15) is 29.3 Å². The van der Waals surface area contributed by atoms with Gasteiger partial charge in [0.25, 0.3) is 17.5 Å². The molecule has 2 N–H and O–H groups in total. The molecule has 172 valence electrons. The highest BCUT2D eigenvalue weighted by Gasteiger charge is 2.36. The van der Waals surface area contributed by atoms with Gasteiger partial charge < -0.3 is 10.1 Å². The van der Waals surface area contributed by atoms with Gasteiger partial charge in [-0.25, -0.2) is 0 Å². The Bertz CT molecular complexity index is 1090. The second-order valence-electron chi connectivity index (χ2n) is 7.57. The molecule has 3 rings (SSSR count). The minimum absolute atomic E-state index is 0.114. The molecule has 0 unspecified atom stereocenters. The molecular formula is C22H22N4O7. The van der Waals surface area contributed by atoms with Gasteiger partial charge >= 0.3 is 5.97 Å². The summed E-state index contributed by atoms with van der Waals surface area (Å²) in [5.74, 6) is -3.23. The van der Waals surface area contributed by atoms with Crippen LogP contribution in [-0.2, 0) is 19.1 Å². The number of esters is 1. The van der Waals surface area contributed by atoms with Crippen LogP contribution in [0.4, 0.5) is 11.4 Å². The fourth-order valence-electron chi connectivity index (χ4n) is 3.34. The van der Waals surface area contributed by atoms with Gasteiger partial charge in [0.05, 0.1) is 17.4 Å². The standard InChI is InChI=1S/C22H22N4O7/c1-13-4-3-5-14(2)20(13)23-18(27)12-33-22(30)16-10-19(28)25(11-16)24-21(29)15-6-8-17(9-7-15)26(31)32/h3-9,16H,10-12H2,1-2H3,(H,23,27)(H,24,29)/t16-/m0/s1. The van der Waals surface area contributed by atoms with Crippen LogP contribution in [0.2, 0.25) is 0 Å². The molecule has 0 bridgehead atoms. The smallest absolute Gasteiger partial charge is 0.311 e. The number of carbonyl (C=O) groups excluding carboxylic acids is 4. The molecule has 2 aromatic rings. The molecule has 33 heavy (non-hydrogen) atoms. The summed E-state index contributed by atoms with van der Waals surface area (Å²) in [5, 5.41) is 14.4. The van der Waals surface area contributed by atoms with Gasteiger partial charge in [0, 0.05) is 29.8 Å². The molecule has 1 heterocycles. The zero-order valence-corrected chi connectivity index (χ0v) is 18.0. The summed E-state index contributed by atoms with van der Waals surface area (Å²) in [7, 11) is 0. The van der Waals surface area contributed by atoms with Crippen LogP contribution >= 0.6 is 0 Å². The van der Waals surface area contributed by atoms with Crippen LogP contribution in [0.25, 0.3) is 0 Å². The van der Waals surface area contributed by atoms with E-state index < -0.39 is 41.1 Å². The number of nitro benzene ring substituents is 1. The average Bonchev–Trinajstić information content (AvgIpc) is 3.15. The molecular weight excluding hydrogens is 432 g/mol. The summed E-state index contributed by atoms with van der Waals surface area (Å²) < 4.78 is 5.06. The van der Waals surface area contributed by atoms with E-state index in [1.165, 1.54) is 24.3 Å². The summed E-state index contributed by atoms with van der Waals surface area (Å²) >= 11 is 0. The summed E-state index contributed by atoms with van der Waals surface area (Å²) in [5.41, 5.74) is 4.71. The van der Waals surface area contributed by atoms with Gasteiger partial charge in [-0.15, -0.1) is 0 Å². The molecule has 1 atom stereocenters. The third-order valence-corrected chi connectivity index (χ3v) is 5.13. The number of aryl methyl sites for hydroxylation is 2. The van der Waals surface area contributed by atoms with Gasteiger partial charge in [-0.1, -0.05) is 18.2 Å². The number of hydrogen-bond donors (Lipinski definition) is 2. The molecule has 0 saturated carbocycles. The highest BCUT2D eigenvalue weighted by molar-refractivity contribution is 5.97. The van der Waals surface area contributed by atoms with Crippen molar-refractivity contribution in [3.63, 3.8) is 0 Å². The van der Waals surface area contributed by atoms with E-state index in [-0.39, 0.29) is 24.2 Å². The van der Waals surface area contributed by atoms with Gasteiger partial charge in [-0.3, -0.25) is 39.7 Å². The Labute approximate surface area is 188 Å². The van der Waals surface area contributed by atoms with Crippen LogP contribution in [0.15, 0.2) is 42.5 Å². The van der Waals surface area contributed by atoms with Gasteiger partial charge in [-0.05, 0) is 37.1 Å². The van der Waals surface area contributed by atoms with Crippen molar-refractivity contribution in [1.29, 1.82) is 0 Å². The Morgan fingerprint density at radius 2 is 1.76 bits per heavy atom. The maximum Gasteiger partial charge on any atom is 0.311 e. The number of hydrazine groups is 1. The third-order valence-electron chi connectivity index (χ3n) is 5.13. The number of nitro groups is 1. The van der Waals surface area contributed by atoms with Crippen molar-refractivity contribution in [1.82, 2.24) is 10.4 Å². The first kappa shape index (κ1) is 23.4. The number of anilines is 1. The van der Waals surface area contributed by atoms with Gasteiger partial charge in [-0.2, -0.15) is 0 Å². The lowest BCUT2D eigenvalue weighted by Crippen LogP contribution is -2.43. The maximum atomic E-state index is 12.3. The van der Waals surface area contributed by atoms with E-state index in [4.69, 9.17) is 4.74 Å². The zero-order chi connectivity index (χ0) is 24.1. The van der Waals surface area contributed by atoms with Crippen LogP contribution < -0.4 is 10.7 Å². The van der Waals surface area contributed by atoms with Crippen molar-refractivity contribution in [2.75, 3.05) is 18.5 Å². The van der Waals surface area contributed by atoms with E-state index >= 15 is 0 Å². The van der Waals surface area contributed by atoms with Crippen LogP contribution in [0, 0.1) is 29.9 Å². The molecule has 0 aromatic heterocycles. The lowest BCUT2D eigenvalue weighted by Gasteiger charge is -2.17. The number of rotatable bonds is 7.